The maximum Gasteiger partial charge on any atom is 0.251 e. The lowest BCUT2D eigenvalue weighted by atomic mass is 10.4. The highest BCUT2D eigenvalue weighted by Gasteiger charge is 2.01. The van der Waals surface area contributed by atoms with Gasteiger partial charge in [0.25, 0.3) is 5.56 Å². The Balaban J connectivity index is 2.32. The summed E-state index contributed by atoms with van der Waals surface area (Å²) in [5, 5.41) is 3.77. The van der Waals surface area contributed by atoms with E-state index < -0.39 is 0 Å². The summed E-state index contributed by atoms with van der Waals surface area (Å²) in [7, 11) is 0. The van der Waals surface area contributed by atoms with Gasteiger partial charge in [-0.15, -0.1) is 0 Å². The van der Waals surface area contributed by atoms with Crippen molar-refractivity contribution in [3.05, 3.63) is 44.9 Å². The van der Waals surface area contributed by atoms with E-state index in [1.54, 1.807) is 10.8 Å². The third kappa shape index (κ3) is 2.21. The first kappa shape index (κ1) is 9.85. The molecule has 0 aliphatic carbocycles. The lowest BCUT2D eigenvalue weighted by Crippen LogP contribution is -2.11. The Bertz CT molecular complexity index is 581. The number of rotatable bonds is 2. The molecule has 1 N–H and O–H groups in total. The van der Waals surface area contributed by atoms with Gasteiger partial charge in [0.2, 0.25) is 0 Å². The summed E-state index contributed by atoms with van der Waals surface area (Å²) in [6.07, 6.45) is 1.62. The van der Waals surface area contributed by atoms with Gasteiger partial charge in [0, 0.05) is 18.3 Å². The number of aromatic nitrogens is 3. The third-order valence-electron chi connectivity index (χ3n) is 1.90. The fourth-order valence-corrected chi connectivity index (χ4v) is 1.45. The van der Waals surface area contributed by atoms with Crippen LogP contribution < -0.4 is 5.56 Å². The van der Waals surface area contributed by atoms with E-state index in [4.69, 9.17) is 16.7 Å². The van der Waals surface area contributed by atoms with Crippen LogP contribution in [-0.2, 0) is 6.54 Å². The van der Waals surface area contributed by atoms with Crippen molar-refractivity contribution in [1.82, 2.24) is 14.7 Å². The number of aromatic amines is 1. The van der Waals surface area contributed by atoms with E-state index in [1.807, 2.05) is 13.0 Å². The Morgan fingerprint density at radius 3 is 3.07 bits per heavy atom. The lowest BCUT2D eigenvalue weighted by Gasteiger charge is -2.01. The maximum absolute atomic E-state index is 10.9. The van der Waals surface area contributed by atoms with Crippen LogP contribution in [0.25, 0.3) is 0 Å². The molecule has 15 heavy (non-hydrogen) atoms. The van der Waals surface area contributed by atoms with Crippen molar-refractivity contribution < 1.29 is 4.52 Å². The number of hydrogen-bond acceptors (Lipinski definition) is 4. The molecule has 0 unspecified atom stereocenters. The minimum atomic E-state index is -0.204. The zero-order chi connectivity index (χ0) is 10.8. The highest BCUT2D eigenvalue weighted by molar-refractivity contribution is 7.71. The van der Waals surface area contributed by atoms with Gasteiger partial charge in [0.1, 0.15) is 0 Å². The zero-order valence-corrected chi connectivity index (χ0v) is 8.87. The molecule has 0 aromatic carbocycles. The number of nitrogens with one attached hydrogen (secondary N) is 1. The maximum atomic E-state index is 10.9. The molecule has 0 saturated heterocycles. The number of aryl methyl sites for hydroxylation is 1. The summed E-state index contributed by atoms with van der Waals surface area (Å²) in [5.74, 6) is 0.704. The van der Waals surface area contributed by atoms with E-state index >= 15 is 0 Å². The molecule has 2 heterocycles. The molecule has 6 heteroatoms. The fraction of sp³-hybridized carbons (Fsp3) is 0.222. The summed E-state index contributed by atoms with van der Waals surface area (Å²) >= 11 is 4.99. The Kier molecular flexibility index (Phi) is 2.51. The first-order valence-corrected chi connectivity index (χ1v) is 4.78. The summed E-state index contributed by atoms with van der Waals surface area (Å²) in [5.41, 5.74) is 0.617. The van der Waals surface area contributed by atoms with E-state index in [0.29, 0.717) is 17.1 Å². The van der Waals surface area contributed by atoms with Crippen LogP contribution >= 0.6 is 12.2 Å². The topological polar surface area (TPSA) is 63.8 Å². The number of nitrogens with zero attached hydrogens (tertiary/aromatic N) is 2. The average Bonchev–Trinajstić information content (AvgIpc) is 2.56. The van der Waals surface area contributed by atoms with Gasteiger partial charge in [-0.2, -0.15) is 0 Å². The number of H-pyrrole nitrogens is 1. The Hall–Kier alpha value is -1.69. The number of hydrogen-bond donors (Lipinski definition) is 1. The van der Waals surface area contributed by atoms with Crippen LogP contribution in [-0.4, -0.2) is 14.7 Å². The molecule has 0 radical (unpaired) electrons. The summed E-state index contributed by atoms with van der Waals surface area (Å²) < 4.78 is 7.12. The molecule has 0 aliphatic heterocycles. The molecule has 2 rings (SSSR count). The molecular weight excluding hydrogens is 214 g/mol. The first-order valence-electron chi connectivity index (χ1n) is 4.37. The molecule has 0 saturated carbocycles. The van der Waals surface area contributed by atoms with Gasteiger partial charge in [-0.3, -0.25) is 9.78 Å². The van der Waals surface area contributed by atoms with Crippen molar-refractivity contribution >= 4 is 12.2 Å². The quantitative estimate of drug-likeness (QED) is 0.778. The van der Waals surface area contributed by atoms with Crippen molar-refractivity contribution in [1.29, 1.82) is 0 Å². The molecule has 2 aromatic rings. The predicted molar refractivity (Wildman–Crippen MR) is 56.2 cm³/mol. The van der Waals surface area contributed by atoms with Gasteiger partial charge in [-0.1, -0.05) is 5.16 Å². The molecule has 0 spiro atoms. The first-order chi connectivity index (χ1) is 7.15. The van der Waals surface area contributed by atoms with Crippen molar-refractivity contribution in [2.24, 2.45) is 0 Å². The molecule has 78 valence electrons. The normalized spacial score (nSPS) is 10.5. The molecule has 2 aromatic heterocycles. The smallest absolute Gasteiger partial charge is 0.251 e. The average molecular weight is 223 g/mol. The largest absolute Gasteiger partial charge is 0.359 e. The van der Waals surface area contributed by atoms with Gasteiger partial charge in [0.05, 0.1) is 12.2 Å². The van der Waals surface area contributed by atoms with Crippen LogP contribution in [0.1, 0.15) is 11.5 Å². The van der Waals surface area contributed by atoms with E-state index in [0.717, 1.165) is 5.69 Å². The third-order valence-corrected chi connectivity index (χ3v) is 2.24. The fourth-order valence-electron chi connectivity index (χ4n) is 1.23. The van der Waals surface area contributed by atoms with Crippen LogP contribution in [0.15, 0.2) is 27.6 Å². The molecule has 0 aliphatic rings. The Morgan fingerprint density at radius 1 is 1.67 bits per heavy atom. The molecule has 5 nitrogen and oxygen atoms in total. The van der Waals surface area contributed by atoms with Gasteiger partial charge >= 0.3 is 0 Å². The summed E-state index contributed by atoms with van der Waals surface area (Å²) in [6.45, 7) is 2.32. The zero-order valence-electron chi connectivity index (χ0n) is 8.06. The summed E-state index contributed by atoms with van der Waals surface area (Å²) in [6, 6.07) is 3.24. The van der Waals surface area contributed by atoms with Crippen molar-refractivity contribution in [3.8, 4) is 0 Å². The second kappa shape index (κ2) is 3.82. The van der Waals surface area contributed by atoms with Crippen LogP contribution in [0.5, 0.6) is 0 Å². The van der Waals surface area contributed by atoms with Gasteiger partial charge in [0.15, 0.2) is 10.5 Å². The minimum Gasteiger partial charge on any atom is -0.359 e. The molecule has 0 bridgehead atoms. The van der Waals surface area contributed by atoms with E-state index in [1.165, 1.54) is 6.07 Å². The van der Waals surface area contributed by atoms with Gasteiger partial charge < -0.3 is 9.09 Å². The van der Waals surface area contributed by atoms with Crippen LogP contribution in [0.3, 0.4) is 0 Å². The van der Waals surface area contributed by atoms with Gasteiger partial charge in [-0.05, 0) is 19.1 Å². The van der Waals surface area contributed by atoms with Crippen LogP contribution in [0.4, 0.5) is 0 Å². The molecule has 0 atom stereocenters. The van der Waals surface area contributed by atoms with Crippen molar-refractivity contribution in [2.75, 3.05) is 0 Å². The second-order valence-electron chi connectivity index (χ2n) is 3.17. The highest BCUT2D eigenvalue weighted by Crippen LogP contribution is 2.04. The molecule has 0 amide bonds. The summed E-state index contributed by atoms with van der Waals surface area (Å²) in [4.78, 5) is 13.5. The van der Waals surface area contributed by atoms with Crippen LogP contribution in [0, 0.1) is 11.7 Å². The van der Waals surface area contributed by atoms with Crippen LogP contribution in [0.2, 0.25) is 0 Å². The minimum absolute atomic E-state index is 0.204. The van der Waals surface area contributed by atoms with Gasteiger partial charge in [-0.25, -0.2) is 0 Å². The highest BCUT2D eigenvalue weighted by atomic mass is 32.1. The molecule has 0 fully saturated rings. The predicted octanol–water partition coefficient (Wildman–Crippen LogP) is 1.25. The second-order valence-corrected chi connectivity index (χ2v) is 3.56. The Labute approximate surface area is 90.4 Å². The van der Waals surface area contributed by atoms with E-state index in [9.17, 15) is 4.79 Å². The Morgan fingerprint density at radius 2 is 2.47 bits per heavy atom. The van der Waals surface area contributed by atoms with Crippen molar-refractivity contribution in [2.45, 2.75) is 13.5 Å². The van der Waals surface area contributed by atoms with E-state index in [-0.39, 0.29) is 5.56 Å². The van der Waals surface area contributed by atoms with E-state index in [2.05, 4.69) is 10.1 Å². The molecular formula is C9H9N3O2S. The van der Waals surface area contributed by atoms with Crippen molar-refractivity contribution in [3.63, 3.8) is 0 Å². The SMILES string of the molecule is Cc1cc(Cn2ccc(=O)[nH]c2=S)on1. The lowest BCUT2D eigenvalue weighted by molar-refractivity contribution is 0.371. The standard InChI is InChI=1S/C9H9N3O2S/c1-6-4-7(14-11-6)5-12-3-2-8(13)10-9(12)15/h2-4H,5H2,1H3,(H,10,13,15). The monoisotopic (exact) mass is 223 g/mol.